The Balaban J connectivity index is 1.47. The minimum absolute atomic E-state index is 0.138. The van der Waals surface area contributed by atoms with E-state index >= 15 is 0 Å². The predicted molar refractivity (Wildman–Crippen MR) is 96.1 cm³/mol. The Morgan fingerprint density at radius 3 is 2.93 bits per heavy atom. The zero-order valence-electron chi connectivity index (χ0n) is 14.2. The first-order valence-electron chi connectivity index (χ1n) is 8.54. The summed E-state index contributed by atoms with van der Waals surface area (Å²) in [7, 11) is 0. The summed E-state index contributed by atoms with van der Waals surface area (Å²) in [6, 6.07) is 10.5. The molecule has 27 heavy (non-hydrogen) atoms. The van der Waals surface area contributed by atoms with E-state index in [9.17, 15) is 19.1 Å². The number of carbonyl (C=O) groups excluding carboxylic acids is 1. The number of ether oxygens (including phenoxy) is 1. The number of hydrogen-bond donors (Lipinski definition) is 3. The van der Waals surface area contributed by atoms with Gasteiger partial charge in [0.15, 0.2) is 6.10 Å². The number of para-hydroxylation sites is 1. The van der Waals surface area contributed by atoms with Crippen LogP contribution in [0.25, 0.3) is 10.9 Å². The SMILES string of the molecule is O=C(O)[C@H](Cc1c[nH]c2ccccc12)NC(=O)[C@H]1Cc2cc(F)ccc2O1. The molecule has 2 aromatic carbocycles. The van der Waals surface area contributed by atoms with Gasteiger partial charge in [-0.15, -0.1) is 0 Å². The van der Waals surface area contributed by atoms with E-state index in [1.165, 1.54) is 18.2 Å². The lowest BCUT2D eigenvalue weighted by Gasteiger charge is -2.17. The summed E-state index contributed by atoms with van der Waals surface area (Å²) >= 11 is 0. The second-order valence-corrected chi connectivity index (χ2v) is 6.53. The van der Waals surface area contributed by atoms with Crippen molar-refractivity contribution < 1.29 is 23.8 Å². The highest BCUT2D eigenvalue weighted by Gasteiger charge is 2.32. The summed E-state index contributed by atoms with van der Waals surface area (Å²) in [5, 5.41) is 13.0. The van der Waals surface area contributed by atoms with Crippen molar-refractivity contribution in [3.05, 3.63) is 65.6 Å². The molecule has 3 aromatic rings. The molecule has 3 N–H and O–H groups in total. The molecule has 0 saturated heterocycles. The second kappa shape index (κ2) is 6.75. The van der Waals surface area contributed by atoms with E-state index < -0.39 is 29.8 Å². The van der Waals surface area contributed by atoms with Gasteiger partial charge < -0.3 is 20.1 Å². The molecule has 0 unspecified atom stereocenters. The minimum atomic E-state index is -1.13. The Bertz CT molecular complexity index is 1030. The summed E-state index contributed by atoms with van der Waals surface area (Å²) in [6.45, 7) is 0. The third kappa shape index (κ3) is 3.36. The maximum Gasteiger partial charge on any atom is 0.326 e. The Morgan fingerprint density at radius 2 is 2.11 bits per heavy atom. The molecule has 1 aromatic heterocycles. The first kappa shape index (κ1) is 17.1. The summed E-state index contributed by atoms with van der Waals surface area (Å²) in [5.41, 5.74) is 2.30. The summed E-state index contributed by atoms with van der Waals surface area (Å²) in [5.74, 6) is -1.62. The van der Waals surface area contributed by atoms with E-state index in [1.54, 1.807) is 6.20 Å². The number of benzene rings is 2. The van der Waals surface area contributed by atoms with Gasteiger partial charge in [-0.05, 0) is 29.8 Å². The van der Waals surface area contributed by atoms with E-state index in [1.807, 2.05) is 24.3 Å². The molecule has 0 aliphatic carbocycles. The van der Waals surface area contributed by atoms with Crippen molar-refractivity contribution in [2.75, 3.05) is 0 Å². The zero-order valence-corrected chi connectivity index (χ0v) is 14.2. The quantitative estimate of drug-likeness (QED) is 0.645. The molecular formula is C20H17FN2O4. The molecule has 0 fully saturated rings. The number of aromatic nitrogens is 1. The molecule has 0 radical (unpaired) electrons. The van der Waals surface area contributed by atoms with Crippen molar-refractivity contribution in [3.63, 3.8) is 0 Å². The van der Waals surface area contributed by atoms with Gasteiger partial charge in [-0.25, -0.2) is 9.18 Å². The number of nitrogens with one attached hydrogen (secondary N) is 2. The van der Waals surface area contributed by atoms with Crippen molar-refractivity contribution in [3.8, 4) is 5.75 Å². The first-order valence-corrected chi connectivity index (χ1v) is 8.54. The molecule has 2 atom stereocenters. The normalized spacial score (nSPS) is 16.6. The van der Waals surface area contributed by atoms with Gasteiger partial charge in [0, 0.05) is 35.5 Å². The molecule has 1 aliphatic rings. The molecule has 138 valence electrons. The van der Waals surface area contributed by atoms with E-state index in [4.69, 9.17) is 4.74 Å². The summed E-state index contributed by atoms with van der Waals surface area (Å²) in [4.78, 5) is 27.3. The number of fused-ring (bicyclic) bond motifs is 2. The number of aromatic amines is 1. The van der Waals surface area contributed by atoms with E-state index in [-0.39, 0.29) is 12.8 Å². The van der Waals surface area contributed by atoms with E-state index in [2.05, 4.69) is 10.3 Å². The fourth-order valence-electron chi connectivity index (χ4n) is 3.35. The molecule has 2 heterocycles. The van der Waals surface area contributed by atoms with Crippen LogP contribution in [0.15, 0.2) is 48.7 Å². The first-order chi connectivity index (χ1) is 13.0. The van der Waals surface area contributed by atoms with E-state index in [0.29, 0.717) is 11.3 Å². The van der Waals surface area contributed by atoms with Crippen LogP contribution in [-0.4, -0.2) is 34.1 Å². The average Bonchev–Trinajstić information content (AvgIpc) is 3.25. The van der Waals surface area contributed by atoms with Gasteiger partial charge >= 0.3 is 5.97 Å². The number of carboxylic acids is 1. The molecule has 4 rings (SSSR count). The second-order valence-electron chi connectivity index (χ2n) is 6.53. The molecule has 0 saturated carbocycles. The van der Waals surface area contributed by atoms with Crippen LogP contribution in [0.2, 0.25) is 0 Å². The highest BCUT2D eigenvalue weighted by atomic mass is 19.1. The lowest BCUT2D eigenvalue weighted by atomic mass is 10.0. The van der Waals surface area contributed by atoms with Gasteiger partial charge in [0.2, 0.25) is 0 Å². The summed E-state index contributed by atoms with van der Waals surface area (Å²) in [6.07, 6.45) is 1.22. The number of H-pyrrole nitrogens is 1. The number of carboxylic acid groups (broad SMARTS) is 1. The van der Waals surface area contributed by atoms with Gasteiger partial charge in [-0.1, -0.05) is 18.2 Å². The Hall–Kier alpha value is -3.35. The van der Waals surface area contributed by atoms with Crippen LogP contribution in [0, 0.1) is 5.82 Å². The molecule has 0 spiro atoms. The Kier molecular flexibility index (Phi) is 4.27. The monoisotopic (exact) mass is 368 g/mol. The number of rotatable bonds is 5. The van der Waals surface area contributed by atoms with Gasteiger partial charge in [0.05, 0.1) is 0 Å². The van der Waals surface area contributed by atoms with Crippen LogP contribution >= 0.6 is 0 Å². The lowest BCUT2D eigenvalue weighted by molar-refractivity contribution is -0.142. The fraction of sp³-hybridized carbons (Fsp3) is 0.200. The number of halogens is 1. The molecule has 6 nitrogen and oxygen atoms in total. The van der Waals surface area contributed by atoms with Crippen molar-refractivity contribution >= 4 is 22.8 Å². The Morgan fingerprint density at radius 1 is 1.30 bits per heavy atom. The molecule has 1 aliphatic heterocycles. The number of aliphatic carboxylic acids is 1. The third-order valence-electron chi connectivity index (χ3n) is 4.70. The number of carbonyl (C=O) groups is 2. The van der Waals surface area contributed by atoms with Crippen molar-refractivity contribution in [1.82, 2.24) is 10.3 Å². The standard InChI is InChI=1S/C20H17FN2O4/c21-13-5-6-17-11(7-13)9-18(27-17)19(24)23-16(20(25)26)8-12-10-22-15-4-2-1-3-14(12)15/h1-7,10,16,18,22H,8-9H2,(H,23,24)(H,25,26)/t16-,18+/m0/s1. The maximum atomic E-state index is 13.3. The molecular weight excluding hydrogens is 351 g/mol. The molecule has 1 amide bonds. The molecule has 0 bridgehead atoms. The predicted octanol–water partition coefficient (Wildman–Crippen LogP) is 2.42. The van der Waals surface area contributed by atoms with Crippen LogP contribution in [0.3, 0.4) is 0 Å². The average molecular weight is 368 g/mol. The number of hydrogen-bond acceptors (Lipinski definition) is 3. The van der Waals surface area contributed by atoms with Crippen LogP contribution in [0.1, 0.15) is 11.1 Å². The van der Waals surface area contributed by atoms with Crippen LogP contribution in [0.5, 0.6) is 5.75 Å². The van der Waals surface area contributed by atoms with Gasteiger partial charge in [-0.2, -0.15) is 0 Å². The maximum absolute atomic E-state index is 13.3. The topological polar surface area (TPSA) is 91.4 Å². The van der Waals surface area contributed by atoms with Crippen LogP contribution in [-0.2, 0) is 22.4 Å². The minimum Gasteiger partial charge on any atom is -0.480 e. The van der Waals surface area contributed by atoms with Crippen molar-refractivity contribution in [1.29, 1.82) is 0 Å². The van der Waals surface area contributed by atoms with Gasteiger partial charge in [-0.3, -0.25) is 4.79 Å². The van der Waals surface area contributed by atoms with Crippen LogP contribution < -0.4 is 10.1 Å². The Labute approximate surface area is 154 Å². The van der Waals surface area contributed by atoms with Crippen molar-refractivity contribution in [2.45, 2.75) is 25.0 Å². The van der Waals surface area contributed by atoms with E-state index in [0.717, 1.165) is 16.5 Å². The summed E-state index contributed by atoms with van der Waals surface area (Å²) < 4.78 is 18.8. The highest BCUT2D eigenvalue weighted by molar-refractivity contribution is 5.89. The lowest BCUT2D eigenvalue weighted by Crippen LogP contribution is -2.47. The number of amides is 1. The molecule has 7 heteroatoms. The largest absolute Gasteiger partial charge is 0.480 e. The van der Waals surface area contributed by atoms with Crippen molar-refractivity contribution in [2.24, 2.45) is 0 Å². The van der Waals surface area contributed by atoms with Gasteiger partial charge in [0.25, 0.3) is 5.91 Å². The van der Waals surface area contributed by atoms with Crippen LogP contribution in [0.4, 0.5) is 4.39 Å². The fourth-order valence-corrected chi connectivity index (χ4v) is 3.35. The smallest absolute Gasteiger partial charge is 0.326 e. The highest BCUT2D eigenvalue weighted by Crippen LogP contribution is 2.29. The zero-order chi connectivity index (χ0) is 19.0. The third-order valence-corrected chi connectivity index (χ3v) is 4.70. The van der Waals surface area contributed by atoms with Gasteiger partial charge in [0.1, 0.15) is 17.6 Å².